The minimum atomic E-state index is -1.26. The molecule has 6 heteroatoms. The summed E-state index contributed by atoms with van der Waals surface area (Å²) >= 11 is 0. The van der Waals surface area contributed by atoms with Crippen LogP contribution in [0.5, 0.6) is 5.75 Å². The van der Waals surface area contributed by atoms with E-state index in [0.29, 0.717) is 12.3 Å². The molecule has 6 nitrogen and oxygen atoms in total. The molecular weight excluding hydrogens is 562 g/mol. The number of carbonyl (C=O) groups is 3. The highest BCUT2D eigenvalue weighted by Gasteiger charge is 2.67. The van der Waals surface area contributed by atoms with Gasteiger partial charge in [-0.25, -0.2) is 0 Å². The van der Waals surface area contributed by atoms with E-state index >= 15 is 4.79 Å². The van der Waals surface area contributed by atoms with Gasteiger partial charge in [-0.3, -0.25) is 14.4 Å². The number of fused-ring (bicyclic) bond motifs is 2. The summed E-state index contributed by atoms with van der Waals surface area (Å²) in [5, 5.41) is 0. The number of esters is 2. The van der Waals surface area contributed by atoms with E-state index in [1.54, 1.807) is 6.07 Å². The summed E-state index contributed by atoms with van der Waals surface area (Å²) in [5.41, 5.74) is 1.99. The molecule has 1 amide bonds. The average molecular weight is 598 g/mol. The predicted octanol–water partition coefficient (Wildman–Crippen LogP) is 6.66. The summed E-state index contributed by atoms with van der Waals surface area (Å²) < 4.78 is 11.6. The molecule has 4 aromatic carbocycles. The van der Waals surface area contributed by atoms with Gasteiger partial charge in [-0.1, -0.05) is 129 Å². The summed E-state index contributed by atoms with van der Waals surface area (Å²) in [6.45, 7) is 4.16. The Morgan fingerprint density at radius 2 is 1.33 bits per heavy atom. The Labute approximate surface area is 263 Å². The SMILES string of the molecule is COC(=O)[C@@H]1[C@H]2C(=O)Oc3ccccc3[C@@H]3[C@H]2C(=CC1(C)C)N(Cc1ccccc1)C(=O)C3(c1ccccc1)c1ccccc1. The molecule has 2 heterocycles. The van der Waals surface area contributed by atoms with Gasteiger partial charge in [0.05, 0.1) is 25.5 Å². The van der Waals surface area contributed by atoms with Gasteiger partial charge in [-0.2, -0.15) is 0 Å². The van der Waals surface area contributed by atoms with E-state index in [4.69, 9.17) is 9.47 Å². The minimum absolute atomic E-state index is 0.0912. The van der Waals surface area contributed by atoms with Crippen molar-refractivity contribution in [2.45, 2.75) is 31.7 Å². The third kappa shape index (κ3) is 4.34. The molecule has 2 aliphatic heterocycles. The molecule has 0 bridgehead atoms. The van der Waals surface area contributed by atoms with Gasteiger partial charge < -0.3 is 14.4 Å². The lowest BCUT2D eigenvalue weighted by atomic mass is 9.49. The fourth-order valence-corrected chi connectivity index (χ4v) is 8.19. The van der Waals surface area contributed by atoms with Crippen molar-refractivity contribution in [3.8, 4) is 5.75 Å². The Hall–Kier alpha value is -4.97. The van der Waals surface area contributed by atoms with Gasteiger partial charge in [-0.05, 0) is 28.2 Å². The molecule has 1 fully saturated rings. The normalized spacial score (nSPS) is 24.3. The average Bonchev–Trinajstić information content (AvgIpc) is 3.18. The maximum absolute atomic E-state index is 15.8. The van der Waals surface area contributed by atoms with Crippen LogP contribution in [-0.4, -0.2) is 29.9 Å². The van der Waals surface area contributed by atoms with Gasteiger partial charge in [-0.15, -0.1) is 0 Å². The molecule has 4 aromatic rings. The first kappa shape index (κ1) is 28.8. The third-order valence-corrected chi connectivity index (χ3v) is 9.96. The predicted molar refractivity (Wildman–Crippen MR) is 170 cm³/mol. The molecule has 45 heavy (non-hydrogen) atoms. The number of amides is 1. The van der Waals surface area contributed by atoms with Gasteiger partial charge in [0.15, 0.2) is 0 Å². The molecule has 0 saturated carbocycles. The number of piperidine rings is 1. The first-order valence-electron chi connectivity index (χ1n) is 15.4. The van der Waals surface area contributed by atoms with Crippen LogP contribution in [0.2, 0.25) is 0 Å². The Morgan fingerprint density at radius 1 is 0.778 bits per heavy atom. The van der Waals surface area contributed by atoms with Crippen LogP contribution in [0.3, 0.4) is 0 Å². The van der Waals surface area contributed by atoms with Crippen molar-refractivity contribution in [3.05, 3.63) is 149 Å². The van der Waals surface area contributed by atoms with E-state index < -0.39 is 46.4 Å². The molecule has 7 rings (SSSR count). The molecule has 0 spiro atoms. The van der Waals surface area contributed by atoms with Crippen LogP contribution < -0.4 is 4.74 Å². The topological polar surface area (TPSA) is 72.9 Å². The zero-order valence-electron chi connectivity index (χ0n) is 25.6. The second-order valence-electron chi connectivity index (χ2n) is 12.8. The van der Waals surface area contributed by atoms with Crippen LogP contribution in [-0.2, 0) is 31.1 Å². The number of hydrogen-bond acceptors (Lipinski definition) is 5. The molecule has 0 radical (unpaired) electrons. The standard InChI is InChI=1S/C39H35NO5/c1-38(2)23-29-31-32(34(38)36(42)44-3)35(41)45-30-22-14-13-21-28(30)33(31)39(26-17-9-5-10-18-26,27-19-11-6-12-20-27)37(43)40(29)24-25-15-7-4-8-16-25/h4-23,31-34H,24H2,1-3H3/t31-,32-,33+,34-/m0/s1. The highest BCUT2D eigenvalue weighted by molar-refractivity contribution is 5.98. The largest absolute Gasteiger partial charge is 0.469 e. The summed E-state index contributed by atoms with van der Waals surface area (Å²) in [4.78, 5) is 45.7. The number of rotatable bonds is 5. The Kier molecular flexibility index (Phi) is 6.96. The Balaban J connectivity index is 1.63. The fraction of sp³-hybridized carbons (Fsp3) is 0.256. The maximum atomic E-state index is 15.8. The number of methoxy groups -OCH3 is 1. The van der Waals surface area contributed by atoms with E-state index in [1.165, 1.54) is 7.11 Å². The lowest BCUT2D eigenvalue weighted by Crippen LogP contribution is -2.62. The molecule has 3 aliphatic rings. The van der Waals surface area contributed by atoms with Gasteiger partial charge in [0, 0.05) is 23.1 Å². The number of benzene rings is 4. The number of likely N-dealkylation sites (tertiary alicyclic amines) is 1. The van der Waals surface area contributed by atoms with E-state index in [9.17, 15) is 9.59 Å². The number of para-hydroxylation sites is 1. The zero-order chi connectivity index (χ0) is 31.3. The lowest BCUT2D eigenvalue weighted by molar-refractivity contribution is -0.164. The first-order chi connectivity index (χ1) is 21.8. The van der Waals surface area contributed by atoms with Gasteiger partial charge >= 0.3 is 11.9 Å². The zero-order valence-corrected chi connectivity index (χ0v) is 25.6. The second kappa shape index (κ2) is 10.9. The molecule has 1 saturated heterocycles. The lowest BCUT2D eigenvalue weighted by Gasteiger charge is -2.57. The summed E-state index contributed by atoms with van der Waals surface area (Å²) in [7, 11) is 1.36. The number of ether oxygens (including phenoxy) is 2. The quantitative estimate of drug-likeness (QED) is 0.190. The van der Waals surface area contributed by atoms with Crippen molar-refractivity contribution in [3.63, 3.8) is 0 Å². The Morgan fingerprint density at radius 3 is 1.93 bits per heavy atom. The summed E-state index contributed by atoms with van der Waals surface area (Å²) in [6, 6.07) is 37.0. The van der Waals surface area contributed by atoms with E-state index in [1.807, 2.05) is 134 Å². The van der Waals surface area contributed by atoms with Gasteiger partial charge in [0.2, 0.25) is 5.91 Å². The monoisotopic (exact) mass is 597 g/mol. The van der Waals surface area contributed by atoms with Crippen molar-refractivity contribution in [1.29, 1.82) is 0 Å². The van der Waals surface area contributed by atoms with E-state index in [0.717, 1.165) is 28.0 Å². The van der Waals surface area contributed by atoms with Crippen molar-refractivity contribution in [1.82, 2.24) is 4.90 Å². The minimum Gasteiger partial charge on any atom is -0.469 e. The molecule has 0 unspecified atom stereocenters. The second-order valence-corrected chi connectivity index (χ2v) is 12.8. The Bertz CT molecular complexity index is 1760. The number of allylic oxidation sites excluding steroid dienone is 2. The van der Waals surface area contributed by atoms with Gasteiger partial charge in [0.1, 0.15) is 11.2 Å². The van der Waals surface area contributed by atoms with Crippen LogP contribution in [0, 0.1) is 23.2 Å². The third-order valence-electron chi connectivity index (χ3n) is 9.96. The van der Waals surface area contributed by atoms with Crippen LogP contribution in [0.1, 0.15) is 42.0 Å². The summed E-state index contributed by atoms with van der Waals surface area (Å²) in [5.74, 6) is -3.56. The van der Waals surface area contributed by atoms with E-state index in [2.05, 4.69) is 0 Å². The van der Waals surface area contributed by atoms with Crippen LogP contribution in [0.4, 0.5) is 0 Å². The first-order valence-corrected chi connectivity index (χ1v) is 15.4. The molecule has 0 N–H and O–H groups in total. The van der Waals surface area contributed by atoms with Crippen LogP contribution in [0.15, 0.2) is 127 Å². The summed E-state index contributed by atoms with van der Waals surface area (Å²) in [6.07, 6.45) is 2.03. The number of nitrogens with zero attached hydrogens (tertiary/aromatic N) is 1. The van der Waals surface area contributed by atoms with Crippen LogP contribution in [0.25, 0.3) is 0 Å². The van der Waals surface area contributed by atoms with Gasteiger partial charge in [0.25, 0.3) is 0 Å². The smallest absolute Gasteiger partial charge is 0.315 e. The molecule has 226 valence electrons. The van der Waals surface area contributed by atoms with Crippen molar-refractivity contribution < 1.29 is 23.9 Å². The highest BCUT2D eigenvalue weighted by Crippen LogP contribution is 2.64. The van der Waals surface area contributed by atoms with Crippen molar-refractivity contribution in [2.24, 2.45) is 23.2 Å². The van der Waals surface area contributed by atoms with Crippen LogP contribution >= 0.6 is 0 Å². The number of hydrogen-bond donors (Lipinski definition) is 0. The molecule has 1 aliphatic carbocycles. The van der Waals surface area contributed by atoms with Crippen molar-refractivity contribution >= 4 is 17.8 Å². The molecule has 4 atom stereocenters. The highest BCUT2D eigenvalue weighted by atomic mass is 16.5. The fourth-order valence-electron chi connectivity index (χ4n) is 8.19. The maximum Gasteiger partial charge on any atom is 0.315 e. The molecule has 0 aromatic heterocycles. The molecular formula is C39H35NO5. The van der Waals surface area contributed by atoms with E-state index in [-0.39, 0.29) is 5.91 Å². The van der Waals surface area contributed by atoms with Crippen molar-refractivity contribution in [2.75, 3.05) is 7.11 Å². The number of carbonyl (C=O) groups excluding carboxylic acids is 3.